The molecule has 0 aliphatic rings. The maximum Gasteiger partial charge on any atom is 0.274 e. The first-order valence-electron chi connectivity index (χ1n) is 8.70. The summed E-state index contributed by atoms with van der Waals surface area (Å²) in [6.07, 6.45) is 0.725. The van der Waals surface area contributed by atoms with Gasteiger partial charge in [0.2, 0.25) is 5.91 Å². The number of imidazole rings is 1. The normalized spacial score (nSPS) is 10.6. The second kappa shape index (κ2) is 8.71. The predicted octanol–water partition coefficient (Wildman–Crippen LogP) is 4.26. The number of hydrogen-bond acceptors (Lipinski definition) is 5. The Morgan fingerprint density at radius 1 is 1.18 bits per heavy atom. The first-order chi connectivity index (χ1) is 13.4. The van der Waals surface area contributed by atoms with Gasteiger partial charge in [-0.1, -0.05) is 48.2 Å². The molecule has 0 bridgehead atoms. The molecule has 0 fully saturated rings. The topological polar surface area (TPSA) is 101 Å². The van der Waals surface area contributed by atoms with Crippen molar-refractivity contribution in [1.82, 2.24) is 9.97 Å². The Morgan fingerprint density at radius 3 is 2.64 bits per heavy atom. The number of nitrogens with one attached hydrogen (secondary N) is 2. The molecule has 0 saturated carbocycles. The zero-order valence-corrected chi connectivity index (χ0v) is 16.4. The maximum absolute atomic E-state index is 12.3. The van der Waals surface area contributed by atoms with Crippen LogP contribution in [0.5, 0.6) is 0 Å². The van der Waals surface area contributed by atoms with E-state index >= 15 is 0 Å². The summed E-state index contributed by atoms with van der Waals surface area (Å²) in [4.78, 5) is 30.6. The van der Waals surface area contributed by atoms with E-state index in [1.54, 1.807) is 19.1 Å². The quantitative estimate of drug-likeness (QED) is 0.353. The zero-order valence-electron chi connectivity index (χ0n) is 15.6. The van der Waals surface area contributed by atoms with E-state index in [1.807, 2.05) is 25.1 Å². The lowest BCUT2D eigenvalue weighted by atomic mass is 10.1. The summed E-state index contributed by atoms with van der Waals surface area (Å²) in [5.74, 6) is -0.0906. The number of benzene rings is 2. The number of anilines is 1. The van der Waals surface area contributed by atoms with E-state index in [-0.39, 0.29) is 17.3 Å². The van der Waals surface area contributed by atoms with E-state index in [1.165, 1.54) is 23.4 Å². The fourth-order valence-corrected chi connectivity index (χ4v) is 3.51. The van der Waals surface area contributed by atoms with Gasteiger partial charge in [0.25, 0.3) is 5.69 Å². The summed E-state index contributed by atoms with van der Waals surface area (Å²) in [5.41, 5.74) is 3.96. The Hall–Kier alpha value is -3.13. The van der Waals surface area contributed by atoms with Gasteiger partial charge in [0.1, 0.15) is 0 Å². The average Bonchev–Trinajstić information content (AvgIpc) is 3.02. The third-order valence-corrected chi connectivity index (χ3v) is 5.17. The fraction of sp³-hybridized carbons (Fsp3) is 0.200. The van der Waals surface area contributed by atoms with Crippen LogP contribution in [0, 0.1) is 24.0 Å². The molecule has 2 N–H and O–H groups in total. The minimum atomic E-state index is -0.459. The van der Waals surface area contributed by atoms with Crippen molar-refractivity contribution in [2.75, 3.05) is 11.1 Å². The molecule has 7 nitrogen and oxygen atoms in total. The number of aryl methyl sites for hydroxylation is 1. The Kier molecular flexibility index (Phi) is 6.10. The zero-order chi connectivity index (χ0) is 20.1. The van der Waals surface area contributed by atoms with E-state index in [9.17, 15) is 14.9 Å². The number of carbonyl (C=O) groups excluding carboxylic acids is 1. The van der Waals surface area contributed by atoms with Crippen LogP contribution in [0.15, 0.2) is 53.7 Å². The molecule has 2 aromatic carbocycles. The van der Waals surface area contributed by atoms with Gasteiger partial charge in [0, 0.05) is 18.2 Å². The van der Waals surface area contributed by atoms with Crippen LogP contribution < -0.4 is 5.32 Å². The summed E-state index contributed by atoms with van der Waals surface area (Å²) in [6, 6.07) is 14.7. The summed E-state index contributed by atoms with van der Waals surface area (Å²) < 4.78 is 0. The third-order valence-electron chi connectivity index (χ3n) is 4.29. The molecule has 0 spiro atoms. The maximum atomic E-state index is 12.3. The van der Waals surface area contributed by atoms with E-state index < -0.39 is 4.92 Å². The number of H-pyrrole nitrogens is 1. The lowest BCUT2D eigenvalue weighted by molar-refractivity contribution is -0.385. The standard InChI is InChI=1S/C20H20N4O3S/c1-13-16(9-6-10-18(13)24(26)27)22-19(25)12-28-20-21-14(2)17(23-20)11-15-7-4-3-5-8-15/h3-10H,11-12H2,1-2H3,(H,21,23)(H,22,25). The van der Waals surface area contributed by atoms with E-state index in [0.717, 1.165) is 17.8 Å². The van der Waals surface area contributed by atoms with Crippen LogP contribution >= 0.6 is 11.8 Å². The largest absolute Gasteiger partial charge is 0.337 e. The van der Waals surface area contributed by atoms with Crippen LogP contribution in [-0.4, -0.2) is 26.6 Å². The summed E-state index contributed by atoms with van der Waals surface area (Å²) in [6.45, 7) is 3.58. The molecule has 1 amide bonds. The highest BCUT2D eigenvalue weighted by Crippen LogP contribution is 2.25. The molecule has 0 atom stereocenters. The fourth-order valence-electron chi connectivity index (χ4n) is 2.77. The highest BCUT2D eigenvalue weighted by Gasteiger charge is 2.15. The average molecular weight is 396 g/mol. The monoisotopic (exact) mass is 396 g/mol. The molecule has 0 saturated heterocycles. The minimum Gasteiger partial charge on any atom is -0.337 e. The van der Waals surface area contributed by atoms with Crippen molar-refractivity contribution in [3.8, 4) is 0 Å². The lowest BCUT2D eigenvalue weighted by Crippen LogP contribution is -2.15. The van der Waals surface area contributed by atoms with E-state index in [4.69, 9.17) is 0 Å². The molecule has 0 aliphatic heterocycles. The Labute approximate surface area is 166 Å². The van der Waals surface area contributed by atoms with Crippen molar-refractivity contribution >= 4 is 29.0 Å². The second-order valence-electron chi connectivity index (χ2n) is 6.32. The van der Waals surface area contributed by atoms with Crippen molar-refractivity contribution in [2.24, 2.45) is 0 Å². The number of aromatic nitrogens is 2. The molecule has 144 valence electrons. The molecule has 0 aliphatic carbocycles. The molecular weight excluding hydrogens is 376 g/mol. The van der Waals surface area contributed by atoms with Crippen molar-refractivity contribution in [3.05, 3.63) is 81.2 Å². The van der Waals surface area contributed by atoms with Crippen LogP contribution in [0.1, 0.15) is 22.5 Å². The van der Waals surface area contributed by atoms with Gasteiger partial charge < -0.3 is 10.3 Å². The number of aromatic amines is 1. The molecule has 1 aromatic heterocycles. The molecule has 3 rings (SSSR count). The molecule has 3 aromatic rings. The van der Waals surface area contributed by atoms with Crippen LogP contribution in [0.4, 0.5) is 11.4 Å². The van der Waals surface area contributed by atoms with Gasteiger partial charge in [0.15, 0.2) is 5.16 Å². The highest BCUT2D eigenvalue weighted by atomic mass is 32.2. The Morgan fingerprint density at radius 2 is 1.93 bits per heavy atom. The van der Waals surface area contributed by atoms with Gasteiger partial charge in [-0.25, -0.2) is 4.98 Å². The number of hydrogen-bond donors (Lipinski definition) is 2. The van der Waals surface area contributed by atoms with Crippen molar-refractivity contribution in [2.45, 2.75) is 25.4 Å². The summed E-state index contributed by atoms with van der Waals surface area (Å²) >= 11 is 1.30. The number of nitrogens with zero attached hydrogens (tertiary/aromatic N) is 2. The smallest absolute Gasteiger partial charge is 0.274 e. The van der Waals surface area contributed by atoms with Crippen LogP contribution in [0.2, 0.25) is 0 Å². The second-order valence-corrected chi connectivity index (χ2v) is 7.28. The number of nitro groups is 1. The first-order valence-corrected chi connectivity index (χ1v) is 9.68. The number of carbonyl (C=O) groups is 1. The van der Waals surface area contributed by atoms with Crippen molar-refractivity contribution in [1.29, 1.82) is 0 Å². The van der Waals surface area contributed by atoms with Gasteiger partial charge in [-0.2, -0.15) is 0 Å². The van der Waals surface area contributed by atoms with Gasteiger partial charge in [-0.15, -0.1) is 0 Å². The lowest BCUT2D eigenvalue weighted by Gasteiger charge is -2.07. The van der Waals surface area contributed by atoms with Gasteiger partial charge in [0.05, 0.1) is 27.6 Å². The Balaban J connectivity index is 1.60. The van der Waals surface area contributed by atoms with E-state index in [0.29, 0.717) is 16.4 Å². The van der Waals surface area contributed by atoms with Crippen LogP contribution in [0.25, 0.3) is 0 Å². The molecule has 28 heavy (non-hydrogen) atoms. The van der Waals surface area contributed by atoms with Crippen molar-refractivity contribution < 1.29 is 9.72 Å². The molecule has 0 unspecified atom stereocenters. The van der Waals surface area contributed by atoms with Crippen molar-refractivity contribution in [3.63, 3.8) is 0 Å². The summed E-state index contributed by atoms with van der Waals surface area (Å²) in [7, 11) is 0. The first kappa shape index (κ1) is 19.6. The molecule has 0 radical (unpaired) electrons. The van der Waals surface area contributed by atoms with Gasteiger partial charge in [-0.05, 0) is 25.5 Å². The van der Waals surface area contributed by atoms with E-state index in [2.05, 4.69) is 27.4 Å². The number of rotatable bonds is 7. The third kappa shape index (κ3) is 4.77. The predicted molar refractivity (Wildman–Crippen MR) is 110 cm³/mol. The molecule has 8 heteroatoms. The molecule has 1 heterocycles. The van der Waals surface area contributed by atoms with Gasteiger partial charge >= 0.3 is 0 Å². The molecular formula is C20H20N4O3S. The number of thioether (sulfide) groups is 1. The SMILES string of the molecule is Cc1[nH]c(SCC(=O)Nc2cccc([N+](=O)[O-])c2C)nc1Cc1ccccc1. The number of amides is 1. The number of nitro benzene ring substituents is 1. The van der Waals surface area contributed by atoms with Crippen LogP contribution in [0.3, 0.4) is 0 Å². The minimum absolute atomic E-state index is 0.0160. The van der Waals surface area contributed by atoms with Crippen LogP contribution in [-0.2, 0) is 11.2 Å². The van der Waals surface area contributed by atoms with Gasteiger partial charge in [-0.3, -0.25) is 14.9 Å². The summed E-state index contributed by atoms with van der Waals surface area (Å²) in [5, 5.41) is 14.4. The Bertz CT molecular complexity index is 1000. The highest BCUT2D eigenvalue weighted by molar-refractivity contribution is 7.99.